The Balaban J connectivity index is 1.72. The van der Waals surface area contributed by atoms with E-state index >= 15 is 0 Å². The molecule has 2 saturated carbocycles. The van der Waals surface area contributed by atoms with E-state index in [9.17, 15) is 0 Å². The average Bonchev–Trinajstić information content (AvgIpc) is 2.88. The van der Waals surface area contributed by atoms with Gasteiger partial charge in [-0.25, -0.2) is 0 Å². The van der Waals surface area contributed by atoms with E-state index in [-0.39, 0.29) is 5.60 Å². The second kappa shape index (κ2) is 3.23. The third kappa shape index (κ3) is 1.95. The van der Waals surface area contributed by atoms with E-state index in [1.54, 1.807) is 0 Å². The molecule has 0 radical (unpaired) electrons. The van der Waals surface area contributed by atoms with Crippen LogP contribution >= 0.6 is 0 Å². The van der Waals surface area contributed by atoms with Crippen LogP contribution in [0, 0.1) is 17.3 Å². The first-order chi connectivity index (χ1) is 7.09. The van der Waals surface area contributed by atoms with Gasteiger partial charge in [0.1, 0.15) is 0 Å². The molecule has 3 atom stereocenters. The molecule has 15 heavy (non-hydrogen) atoms. The second-order valence-electron chi connectivity index (χ2n) is 6.98. The smallest absolute Gasteiger partial charge is 0.0687 e. The van der Waals surface area contributed by atoms with Crippen molar-refractivity contribution in [1.82, 2.24) is 0 Å². The van der Waals surface area contributed by atoms with Crippen LogP contribution in [0.1, 0.15) is 58.8 Å². The van der Waals surface area contributed by atoms with Crippen LogP contribution in [-0.2, 0) is 4.74 Å². The molecule has 1 nitrogen and oxygen atoms in total. The number of ether oxygens (including phenoxy) is 1. The molecule has 1 spiro atoms. The lowest BCUT2D eigenvalue weighted by atomic mass is 9.68. The first-order valence-corrected chi connectivity index (χ1v) is 6.73. The highest BCUT2D eigenvalue weighted by Gasteiger charge is 2.47. The first kappa shape index (κ1) is 10.1. The summed E-state index contributed by atoms with van der Waals surface area (Å²) in [5, 5.41) is 0. The average molecular weight is 208 g/mol. The Kier molecular flexibility index (Phi) is 2.18. The molecule has 3 fully saturated rings. The lowest BCUT2D eigenvalue weighted by molar-refractivity contribution is -0.101. The third-order valence-electron chi connectivity index (χ3n) is 4.93. The van der Waals surface area contributed by atoms with E-state index in [0.717, 1.165) is 18.4 Å². The normalized spacial score (nSPS) is 48.4. The van der Waals surface area contributed by atoms with Crippen LogP contribution in [0.25, 0.3) is 0 Å². The maximum absolute atomic E-state index is 6.32. The highest BCUT2D eigenvalue weighted by atomic mass is 16.5. The third-order valence-corrected chi connectivity index (χ3v) is 4.93. The Morgan fingerprint density at radius 2 is 1.93 bits per heavy atom. The number of fused-ring (bicyclic) bond motifs is 1. The summed E-state index contributed by atoms with van der Waals surface area (Å²) in [4.78, 5) is 0. The molecule has 3 aliphatic rings. The van der Waals surface area contributed by atoms with Crippen molar-refractivity contribution in [3.8, 4) is 0 Å². The maximum Gasteiger partial charge on any atom is 0.0687 e. The number of hydrogen-bond acceptors (Lipinski definition) is 1. The summed E-state index contributed by atoms with van der Waals surface area (Å²) in [5.41, 5.74) is 0.807. The van der Waals surface area contributed by atoms with E-state index in [1.165, 1.54) is 44.9 Å². The summed E-state index contributed by atoms with van der Waals surface area (Å²) in [6.07, 6.45) is 9.65. The number of hydrogen-bond donors (Lipinski definition) is 0. The topological polar surface area (TPSA) is 9.23 Å². The van der Waals surface area contributed by atoms with Crippen molar-refractivity contribution in [3.05, 3.63) is 0 Å². The Hall–Kier alpha value is -0.0400. The fourth-order valence-electron chi connectivity index (χ4n) is 3.95. The second-order valence-corrected chi connectivity index (χ2v) is 6.98. The predicted molar refractivity (Wildman–Crippen MR) is 61.8 cm³/mol. The molecule has 86 valence electrons. The van der Waals surface area contributed by atoms with Crippen molar-refractivity contribution < 1.29 is 4.74 Å². The van der Waals surface area contributed by atoms with Gasteiger partial charge in [-0.05, 0) is 55.8 Å². The minimum absolute atomic E-state index is 0.287. The molecular weight excluding hydrogens is 184 g/mol. The summed E-state index contributed by atoms with van der Waals surface area (Å²) in [6, 6.07) is 0. The maximum atomic E-state index is 6.32. The molecular formula is C14H24O. The molecule has 2 aliphatic carbocycles. The van der Waals surface area contributed by atoms with Crippen molar-refractivity contribution in [3.63, 3.8) is 0 Å². The SMILES string of the molecule is CC1(C)CCC[C@]2(CC[C@@H]3C[C@H]3CO2)C1. The van der Waals surface area contributed by atoms with Gasteiger partial charge < -0.3 is 4.74 Å². The van der Waals surface area contributed by atoms with Crippen LogP contribution in [0.3, 0.4) is 0 Å². The lowest BCUT2D eigenvalue weighted by Gasteiger charge is -2.44. The highest BCUT2D eigenvalue weighted by Crippen LogP contribution is 2.52. The summed E-state index contributed by atoms with van der Waals surface area (Å²) >= 11 is 0. The minimum Gasteiger partial charge on any atom is -0.375 e. The van der Waals surface area contributed by atoms with Gasteiger partial charge in [0, 0.05) is 0 Å². The zero-order chi connectivity index (χ0) is 10.5. The van der Waals surface area contributed by atoms with Gasteiger partial charge in [0.2, 0.25) is 0 Å². The van der Waals surface area contributed by atoms with Gasteiger partial charge in [0.05, 0.1) is 12.2 Å². The van der Waals surface area contributed by atoms with Crippen molar-refractivity contribution >= 4 is 0 Å². The van der Waals surface area contributed by atoms with Gasteiger partial charge in [0.15, 0.2) is 0 Å². The summed E-state index contributed by atoms with van der Waals surface area (Å²) in [6.45, 7) is 5.91. The summed E-state index contributed by atoms with van der Waals surface area (Å²) < 4.78 is 6.32. The van der Waals surface area contributed by atoms with E-state index < -0.39 is 0 Å². The van der Waals surface area contributed by atoms with Crippen LogP contribution in [0.15, 0.2) is 0 Å². The standard InChI is InChI=1S/C14H24O/c1-13(2)5-3-6-14(10-13)7-4-11-8-12(11)9-15-14/h11-12H,3-10H2,1-2H3/t11-,12+,14+/m1/s1. The predicted octanol–water partition coefficient (Wildman–Crippen LogP) is 3.77. The van der Waals surface area contributed by atoms with Crippen LogP contribution in [0.5, 0.6) is 0 Å². The largest absolute Gasteiger partial charge is 0.375 e. The van der Waals surface area contributed by atoms with E-state index in [2.05, 4.69) is 13.8 Å². The van der Waals surface area contributed by atoms with Crippen molar-refractivity contribution in [2.24, 2.45) is 17.3 Å². The van der Waals surface area contributed by atoms with Gasteiger partial charge in [-0.2, -0.15) is 0 Å². The molecule has 0 aromatic rings. The van der Waals surface area contributed by atoms with Crippen molar-refractivity contribution in [2.75, 3.05) is 6.61 Å². The summed E-state index contributed by atoms with van der Waals surface area (Å²) in [7, 11) is 0. The lowest BCUT2D eigenvalue weighted by Crippen LogP contribution is -2.41. The molecule has 0 unspecified atom stereocenters. The molecule has 3 rings (SSSR count). The molecule has 1 aliphatic heterocycles. The highest BCUT2D eigenvalue weighted by molar-refractivity contribution is 4.98. The molecule has 0 aromatic heterocycles. The molecule has 0 N–H and O–H groups in total. The Bertz CT molecular complexity index is 244. The monoisotopic (exact) mass is 208 g/mol. The van der Waals surface area contributed by atoms with E-state index in [0.29, 0.717) is 5.41 Å². The zero-order valence-electron chi connectivity index (χ0n) is 10.2. The number of rotatable bonds is 0. The molecule has 0 aromatic carbocycles. The molecule has 0 amide bonds. The Morgan fingerprint density at radius 1 is 1.07 bits per heavy atom. The zero-order valence-corrected chi connectivity index (χ0v) is 10.2. The Morgan fingerprint density at radius 3 is 2.73 bits per heavy atom. The van der Waals surface area contributed by atoms with E-state index in [4.69, 9.17) is 4.74 Å². The molecule has 1 heteroatoms. The van der Waals surface area contributed by atoms with Gasteiger partial charge in [0.25, 0.3) is 0 Å². The van der Waals surface area contributed by atoms with Gasteiger partial charge in [-0.1, -0.05) is 20.3 Å². The van der Waals surface area contributed by atoms with Crippen LogP contribution < -0.4 is 0 Å². The van der Waals surface area contributed by atoms with E-state index in [1.807, 2.05) is 0 Å². The van der Waals surface area contributed by atoms with Gasteiger partial charge in [-0.3, -0.25) is 0 Å². The fourth-order valence-corrected chi connectivity index (χ4v) is 3.95. The minimum atomic E-state index is 0.287. The first-order valence-electron chi connectivity index (χ1n) is 6.73. The van der Waals surface area contributed by atoms with Gasteiger partial charge in [-0.15, -0.1) is 0 Å². The quantitative estimate of drug-likeness (QED) is 0.589. The van der Waals surface area contributed by atoms with Crippen LogP contribution in [0.4, 0.5) is 0 Å². The molecule has 0 bridgehead atoms. The summed E-state index contributed by atoms with van der Waals surface area (Å²) in [5.74, 6) is 1.98. The Labute approximate surface area is 93.6 Å². The van der Waals surface area contributed by atoms with Crippen LogP contribution in [-0.4, -0.2) is 12.2 Å². The van der Waals surface area contributed by atoms with Gasteiger partial charge >= 0.3 is 0 Å². The van der Waals surface area contributed by atoms with Crippen molar-refractivity contribution in [2.45, 2.75) is 64.4 Å². The molecule has 1 heterocycles. The fraction of sp³-hybridized carbons (Fsp3) is 1.00. The van der Waals surface area contributed by atoms with Crippen molar-refractivity contribution in [1.29, 1.82) is 0 Å². The van der Waals surface area contributed by atoms with Crippen LogP contribution in [0.2, 0.25) is 0 Å². The molecule has 1 saturated heterocycles.